The highest BCUT2D eigenvalue weighted by Gasteiger charge is 2.37. The van der Waals surface area contributed by atoms with Crippen molar-refractivity contribution in [2.24, 2.45) is 11.7 Å². The molecule has 2 N–H and O–H groups in total. The van der Waals surface area contributed by atoms with Crippen LogP contribution in [0.3, 0.4) is 0 Å². The summed E-state index contributed by atoms with van der Waals surface area (Å²) in [6.45, 7) is 7.70. The first kappa shape index (κ1) is 13.6. The summed E-state index contributed by atoms with van der Waals surface area (Å²) in [6.07, 6.45) is 5.39. The molecule has 0 bridgehead atoms. The van der Waals surface area contributed by atoms with Gasteiger partial charge in [0.1, 0.15) is 0 Å². The van der Waals surface area contributed by atoms with Gasteiger partial charge in [-0.1, -0.05) is 6.92 Å². The Hall–Kier alpha value is -0.870. The van der Waals surface area contributed by atoms with E-state index in [4.69, 9.17) is 10.5 Å². The number of nitrogens with two attached hydrogens (primary N) is 1. The van der Waals surface area contributed by atoms with Crippen molar-refractivity contribution in [3.05, 3.63) is 18.0 Å². The maximum Gasteiger partial charge on any atom is 0.0914 e. The fourth-order valence-electron chi connectivity index (χ4n) is 2.69. The maximum absolute atomic E-state index is 6.09. The second kappa shape index (κ2) is 5.41. The van der Waals surface area contributed by atoms with Gasteiger partial charge in [0.2, 0.25) is 0 Å². The molecular weight excluding hydrogens is 226 g/mol. The summed E-state index contributed by atoms with van der Waals surface area (Å²) >= 11 is 0. The standard InChI is InChI=1S/C14H25N3O/c1-11(2)17-7-5-13(16-17)9-18-14(10-15)6-4-12(3)8-14/h5,7,11-12H,4,6,8-10,15H2,1-3H3. The second-order valence-corrected chi connectivity index (χ2v) is 5.90. The molecule has 2 unspecified atom stereocenters. The van der Waals surface area contributed by atoms with Crippen LogP contribution in [0.15, 0.2) is 12.3 Å². The SMILES string of the molecule is CC1CCC(CN)(OCc2ccn(C(C)C)n2)C1. The van der Waals surface area contributed by atoms with Gasteiger partial charge in [-0.3, -0.25) is 4.68 Å². The number of hydrogen-bond acceptors (Lipinski definition) is 3. The zero-order valence-electron chi connectivity index (χ0n) is 11.7. The largest absolute Gasteiger partial charge is 0.367 e. The summed E-state index contributed by atoms with van der Waals surface area (Å²) in [5.74, 6) is 0.724. The maximum atomic E-state index is 6.09. The summed E-state index contributed by atoms with van der Waals surface area (Å²) in [7, 11) is 0. The first-order valence-corrected chi connectivity index (χ1v) is 6.93. The van der Waals surface area contributed by atoms with E-state index in [9.17, 15) is 0 Å². The molecule has 0 aromatic carbocycles. The van der Waals surface area contributed by atoms with E-state index in [0.717, 1.165) is 24.5 Å². The minimum absolute atomic E-state index is 0.110. The highest BCUT2D eigenvalue weighted by Crippen LogP contribution is 2.37. The van der Waals surface area contributed by atoms with Crippen LogP contribution in [-0.4, -0.2) is 21.9 Å². The first-order valence-electron chi connectivity index (χ1n) is 6.93. The van der Waals surface area contributed by atoms with E-state index < -0.39 is 0 Å². The topological polar surface area (TPSA) is 53.1 Å². The average Bonchev–Trinajstić information content (AvgIpc) is 2.94. The molecule has 4 nitrogen and oxygen atoms in total. The molecule has 1 aliphatic carbocycles. The number of ether oxygens (including phenoxy) is 1. The fraction of sp³-hybridized carbons (Fsp3) is 0.786. The van der Waals surface area contributed by atoms with Crippen molar-refractivity contribution in [1.82, 2.24) is 9.78 Å². The zero-order chi connectivity index (χ0) is 13.2. The lowest BCUT2D eigenvalue weighted by atomic mass is 10.0. The summed E-state index contributed by atoms with van der Waals surface area (Å²) in [4.78, 5) is 0. The van der Waals surface area contributed by atoms with Crippen molar-refractivity contribution in [3.8, 4) is 0 Å². The fourth-order valence-corrected chi connectivity index (χ4v) is 2.69. The van der Waals surface area contributed by atoms with Crippen LogP contribution in [0.4, 0.5) is 0 Å². The number of aromatic nitrogens is 2. The van der Waals surface area contributed by atoms with Gasteiger partial charge in [-0.2, -0.15) is 5.10 Å². The molecule has 2 atom stereocenters. The van der Waals surface area contributed by atoms with Gasteiger partial charge in [0.15, 0.2) is 0 Å². The third kappa shape index (κ3) is 2.93. The molecule has 1 aromatic heterocycles. The van der Waals surface area contributed by atoms with Gasteiger partial charge in [0, 0.05) is 18.8 Å². The molecule has 0 amide bonds. The van der Waals surface area contributed by atoms with Crippen molar-refractivity contribution >= 4 is 0 Å². The molecule has 1 saturated carbocycles. The van der Waals surface area contributed by atoms with E-state index in [2.05, 4.69) is 25.9 Å². The predicted molar refractivity (Wildman–Crippen MR) is 72.2 cm³/mol. The Bertz CT molecular complexity index is 388. The Kier molecular flexibility index (Phi) is 4.07. The number of rotatable bonds is 5. The molecule has 1 aromatic rings. The van der Waals surface area contributed by atoms with E-state index in [-0.39, 0.29) is 5.60 Å². The van der Waals surface area contributed by atoms with Crippen molar-refractivity contribution in [3.63, 3.8) is 0 Å². The smallest absolute Gasteiger partial charge is 0.0914 e. The second-order valence-electron chi connectivity index (χ2n) is 5.90. The van der Waals surface area contributed by atoms with Gasteiger partial charge in [-0.25, -0.2) is 0 Å². The Balaban J connectivity index is 1.93. The monoisotopic (exact) mass is 251 g/mol. The van der Waals surface area contributed by atoms with Crippen LogP contribution in [0, 0.1) is 5.92 Å². The molecular formula is C14H25N3O. The summed E-state index contributed by atoms with van der Waals surface area (Å²) in [6, 6.07) is 2.43. The van der Waals surface area contributed by atoms with Crippen molar-refractivity contribution < 1.29 is 4.74 Å². The minimum atomic E-state index is -0.110. The molecule has 1 fully saturated rings. The Labute approximate surface area is 110 Å². The Morgan fingerprint density at radius 3 is 2.89 bits per heavy atom. The third-order valence-corrected chi connectivity index (χ3v) is 3.90. The number of nitrogens with zero attached hydrogens (tertiary/aromatic N) is 2. The molecule has 102 valence electrons. The highest BCUT2D eigenvalue weighted by molar-refractivity contribution is 4.99. The number of hydrogen-bond donors (Lipinski definition) is 1. The normalized spacial score (nSPS) is 28.2. The molecule has 0 aliphatic heterocycles. The van der Waals surface area contributed by atoms with Crippen molar-refractivity contribution in [2.75, 3.05) is 6.54 Å². The molecule has 1 heterocycles. The average molecular weight is 251 g/mol. The molecule has 4 heteroatoms. The van der Waals surface area contributed by atoms with E-state index in [1.807, 2.05) is 16.9 Å². The van der Waals surface area contributed by atoms with Crippen LogP contribution in [-0.2, 0) is 11.3 Å². The van der Waals surface area contributed by atoms with Gasteiger partial charge in [-0.05, 0) is 45.1 Å². The van der Waals surface area contributed by atoms with E-state index in [1.165, 1.54) is 6.42 Å². The summed E-state index contributed by atoms with van der Waals surface area (Å²) < 4.78 is 8.05. The molecule has 0 radical (unpaired) electrons. The molecule has 0 saturated heterocycles. The Morgan fingerprint density at radius 2 is 2.39 bits per heavy atom. The molecule has 18 heavy (non-hydrogen) atoms. The van der Waals surface area contributed by atoms with E-state index >= 15 is 0 Å². The minimum Gasteiger partial charge on any atom is -0.367 e. The lowest BCUT2D eigenvalue weighted by Crippen LogP contribution is -2.38. The van der Waals surface area contributed by atoms with Crippen LogP contribution in [0.25, 0.3) is 0 Å². The van der Waals surface area contributed by atoms with Crippen molar-refractivity contribution in [1.29, 1.82) is 0 Å². The Morgan fingerprint density at radius 1 is 1.61 bits per heavy atom. The van der Waals surface area contributed by atoms with Crippen LogP contribution in [0.2, 0.25) is 0 Å². The van der Waals surface area contributed by atoms with Gasteiger partial charge < -0.3 is 10.5 Å². The van der Waals surface area contributed by atoms with Gasteiger partial charge in [-0.15, -0.1) is 0 Å². The predicted octanol–water partition coefficient (Wildman–Crippen LogP) is 2.50. The lowest BCUT2D eigenvalue weighted by Gasteiger charge is -2.27. The van der Waals surface area contributed by atoms with Gasteiger partial charge >= 0.3 is 0 Å². The van der Waals surface area contributed by atoms with Crippen LogP contribution in [0.1, 0.15) is 51.8 Å². The quantitative estimate of drug-likeness (QED) is 0.874. The van der Waals surface area contributed by atoms with Crippen LogP contribution >= 0.6 is 0 Å². The summed E-state index contributed by atoms with van der Waals surface area (Å²) in [5, 5.41) is 4.51. The van der Waals surface area contributed by atoms with Gasteiger partial charge in [0.25, 0.3) is 0 Å². The third-order valence-electron chi connectivity index (χ3n) is 3.90. The van der Waals surface area contributed by atoms with Gasteiger partial charge in [0.05, 0.1) is 17.9 Å². The highest BCUT2D eigenvalue weighted by atomic mass is 16.5. The summed E-state index contributed by atoms with van der Waals surface area (Å²) in [5.41, 5.74) is 6.78. The van der Waals surface area contributed by atoms with E-state index in [1.54, 1.807) is 0 Å². The van der Waals surface area contributed by atoms with Crippen LogP contribution in [0.5, 0.6) is 0 Å². The molecule has 0 spiro atoms. The first-order chi connectivity index (χ1) is 8.54. The van der Waals surface area contributed by atoms with Crippen molar-refractivity contribution in [2.45, 2.75) is 58.3 Å². The zero-order valence-corrected chi connectivity index (χ0v) is 11.7. The van der Waals surface area contributed by atoms with E-state index in [0.29, 0.717) is 19.2 Å². The lowest BCUT2D eigenvalue weighted by molar-refractivity contribution is -0.0485. The van der Waals surface area contributed by atoms with Crippen LogP contribution < -0.4 is 5.73 Å². The molecule has 1 aliphatic rings. The molecule has 2 rings (SSSR count).